The fourth-order valence-electron chi connectivity index (χ4n) is 2.68. The highest BCUT2D eigenvalue weighted by Gasteiger charge is 2.26. The van der Waals surface area contributed by atoms with Gasteiger partial charge in [-0.1, -0.05) is 5.16 Å². The van der Waals surface area contributed by atoms with Crippen LogP contribution >= 0.6 is 0 Å². The van der Waals surface area contributed by atoms with E-state index < -0.39 is 17.7 Å². The first-order valence-electron chi connectivity index (χ1n) is 6.84. The lowest BCUT2D eigenvalue weighted by Gasteiger charge is -2.35. The molecule has 2 rings (SSSR count). The molecule has 4 N–H and O–H groups in total. The van der Waals surface area contributed by atoms with Gasteiger partial charge in [-0.3, -0.25) is 0 Å². The van der Waals surface area contributed by atoms with Gasteiger partial charge >= 0.3 is 0 Å². The number of halogens is 2. The minimum Gasteiger partial charge on any atom is -0.409 e. The topological polar surface area (TPSA) is 82.1 Å². The number of nitrogens with zero attached hydrogens (tertiary/aromatic N) is 2. The minimum absolute atomic E-state index is 0.00452. The van der Waals surface area contributed by atoms with Crippen molar-refractivity contribution in [3.05, 3.63) is 29.3 Å². The van der Waals surface area contributed by atoms with Gasteiger partial charge in [0.2, 0.25) is 0 Å². The van der Waals surface area contributed by atoms with Crippen molar-refractivity contribution in [3.63, 3.8) is 0 Å². The molecule has 0 spiro atoms. The molecule has 5 nitrogen and oxygen atoms in total. The summed E-state index contributed by atoms with van der Waals surface area (Å²) in [6.45, 7) is 2.69. The summed E-state index contributed by atoms with van der Waals surface area (Å²) >= 11 is 0. The molecule has 1 fully saturated rings. The number of anilines is 1. The van der Waals surface area contributed by atoms with Crippen molar-refractivity contribution in [1.82, 2.24) is 0 Å². The van der Waals surface area contributed by atoms with Crippen LogP contribution in [0.15, 0.2) is 17.3 Å². The maximum Gasteiger partial charge on any atom is 0.170 e. The van der Waals surface area contributed by atoms with Crippen LogP contribution in [0.1, 0.15) is 25.3 Å². The van der Waals surface area contributed by atoms with Gasteiger partial charge in [0.15, 0.2) is 5.84 Å². The number of oxime groups is 1. The van der Waals surface area contributed by atoms with Gasteiger partial charge < -0.3 is 20.9 Å². The number of benzene rings is 1. The highest BCUT2D eigenvalue weighted by Crippen LogP contribution is 2.30. The standard InChI is InChI=1S/C14H19F2N3O2/c1-8(20)9-2-4-19(5-3-9)13-11(15)6-10(7-12(13)16)14(17)18-21/h6-9,20-21H,2-5H2,1H3,(H2,17,18). The predicted octanol–water partition coefficient (Wildman–Crippen LogP) is 1.66. The second-order valence-electron chi connectivity index (χ2n) is 5.34. The summed E-state index contributed by atoms with van der Waals surface area (Å²) in [6.07, 6.45) is 0.946. The number of rotatable bonds is 3. The van der Waals surface area contributed by atoms with Crippen molar-refractivity contribution in [2.24, 2.45) is 16.8 Å². The van der Waals surface area contributed by atoms with Gasteiger partial charge in [0, 0.05) is 18.7 Å². The molecule has 0 aromatic heterocycles. The van der Waals surface area contributed by atoms with E-state index in [1.54, 1.807) is 11.8 Å². The Morgan fingerprint density at radius 2 is 1.86 bits per heavy atom. The Hall–Kier alpha value is -1.89. The SMILES string of the molecule is CC(O)C1CCN(c2c(F)cc(C(N)=NO)cc2F)CC1. The van der Waals surface area contributed by atoms with Gasteiger partial charge in [0.1, 0.15) is 17.3 Å². The molecule has 1 unspecified atom stereocenters. The van der Waals surface area contributed by atoms with E-state index in [1.807, 2.05) is 0 Å². The van der Waals surface area contributed by atoms with E-state index in [0.29, 0.717) is 25.9 Å². The van der Waals surface area contributed by atoms with E-state index in [2.05, 4.69) is 5.16 Å². The first-order chi connectivity index (χ1) is 9.93. The molecule has 1 aromatic rings. The second kappa shape index (κ2) is 6.26. The molecule has 1 aliphatic heterocycles. The number of aliphatic hydroxyl groups excluding tert-OH is 1. The molecule has 1 saturated heterocycles. The Labute approximate surface area is 121 Å². The molecule has 1 aromatic carbocycles. The average Bonchev–Trinajstić information content (AvgIpc) is 2.46. The van der Waals surface area contributed by atoms with Gasteiger partial charge in [0.05, 0.1) is 6.10 Å². The Kier molecular flexibility index (Phi) is 4.62. The van der Waals surface area contributed by atoms with Crippen molar-refractivity contribution in [1.29, 1.82) is 0 Å². The lowest BCUT2D eigenvalue weighted by atomic mass is 9.92. The second-order valence-corrected chi connectivity index (χ2v) is 5.34. The summed E-state index contributed by atoms with van der Waals surface area (Å²) in [5.74, 6) is -1.67. The molecule has 1 aliphatic rings. The van der Waals surface area contributed by atoms with Gasteiger partial charge in [-0.25, -0.2) is 8.78 Å². The fraction of sp³-hybridized carbons (Fsp3) is 0.500. The summed E-state index contributed by atoms with van der Waals surface area (Å²) in [7, 11) is 0. The highest BCUT2D eigenvalue weighted by atomic mass is 19.1. The maximum atomic E-state index is 14.1. The van der Waals surface area contributed by atoms with E-state index in [1.165, 1.54) is 0 Å². The van der Waals surface area contributed by atoms with Crippen LogP contribution in [0.25, 0.3) is 0 Å². The van der Waals surface area contributed by atoms with Gasteiger partial charge in [-0.2, -0.15) is 0 Å². The summed E-state index contributed by atoms with van der Waals surface area (Å²) in [4.78, 5) is 1.62. The van der Waals surface area contributed by atoms with Crippen LogP contribution in [-0.4, -0.2) is 35.3 Å². The number of hydrogen-bond acceptors (Lipinski definition) is 4. The van der Waals surface area contributed by atoms with E-state index in [4.69, 9.17) is 10.9 Å². The molecular weight excluding hydrogens is 280 g/mol. The maximum absolute atomic E-state index is 14.1. The number of piperidine rings is 1. The third-order valence-corrected chi connectivity index (χ3v) is 3.96. The lowest BCUT2D eigenvalue weighted by molar-refractivity contribution is 0.109. The zero-order chi connectivity index (χ0) is 15.6. The quantitative estimate of drug-likeness (QED) is 0.343. The molecule has 0 radical (unpaired) electrons. The summed E-state index contributed by atoms with van der Waals surface area (Å²) < 4.78 is 28.2. The van der Waals surface area contributed by atoms with Crippen molar-refractivity contribution in [3.8, 4) is 0 Å². The highest BCUT2D eigenvalue weighted by molar-refractivity contribution is 5.97. The third-order valence-electron chi connectivity index (χ3n) is 3.96. The smallest absolute Gasteiger partial charge is 0.170 e. The van der Waals surface area contributed by atoms with Gasteiger partial charge in [-0.15, -0.1) is 0 Å². The monoisotopic (exact) mass is 299 g/mol. The molecule has 21 heavy (non-hydrogen) atoms. The number of nitrogens with two attached hydrogens (primary N) is 1. The molecule has 1 heterocycles. The normalized spacial score (nSPS) is 18.9. The van der Waals surface area contributed by atoms with Crippen molar-refractivity contribution >= 4 is 11.5 Å². The van der Waals surface area contributed by atoms with Crippen LogP contribution in [0.5, 0.6) is 0 Å². The Balaban J connectivity index is 2.22. The number of aliphatic hydroxyl groups is 1. The molecule has 116 valence electrons. The Morgan fingerprint density at radius 3 is 2.29 bits per heavy atom. The number of amidine groups is 1. The van der Waals surface area contributed by atoms with E-state index in [9.17, 15) is 13.9 Å². The molecule has 0 bridgehead atoms. The van der Waals surface area contributed by atoms with Crippen LogP contribution in [0.3, 0.4) is 0 Å². The zero-order valence-corrected chi connectivity index (χ0v) is 11.8. The predicted molar refractivity (Wildman–Crippen MR) is 75.5 cm³/mol. The zero-order valence-electron chi connectivity index (χ0n) is 11.8. The summed E-state index contributed by atoms with van der Waals surface area (Å²) in [5, 5.41) is 20.8. The molecule has 1 atom stereocenters. The van der Waals surface area contributed by atoms with Crippen molar-refractivity contribution in [2.45, 2.75) is 25.9 Å². The van der Waals surface area contributed by atoms with Crippen LogP contribution in [0, 0.1) is 17.6 Å². The molecular formula is C14H19F2N3O2. The first-order valence-corrected chi connectivity index (χ1v) is 6.84. The van der Waals surface area contributed by atoms with Crippen LogP contribution < -0.4 is 10.6 Å². The first kappa shape index (κ1) is 15.5. The lowest BCUT2D eigenvalue weighted by Crippen LogP contribution is -2.38. The Morgan fingerprint density at radius 1 is 1.33 bits per heavy atom. The Bertz CT molecular complexity index is 518. The van der Waals surface area contributed by atoms with E-state index >= 15 is 0 Å². The largest absolute Gasteiger partial charge is 0.409 e. The van der Waals surface area contributed by atoms with Gasteiger partial charge in [0.25, 0.3) is 0 Å². The minimum atomic E-state index is -0.743. The fourth-order valence-corrected chi connectivity index (χ4v) is 2.68. The van der Waals surface area contributed by atoms with Crippen LogP contribution in [0.4, 0.5) is 14.5 Å². The van der Waals surface area contributed by atoms with Crippen LogP contribution in [-0.2, 0) is 0 Å². The van der Waals surface area contributed by atoms with E-state index in [0.717, 1.165) is 12.1 Å². The molecule has 0 aliphatic carbocycles. The average molecular weight is 299 g/mol. The third kappa shape index (κ3) is 3.24. The van der Waals surface area contributed by atoms with Crippen molar-refractivity contribution < 1.29 is 19.1 Å². The molecule has 0 amide bonds. The summed E-state index contributed by atoms with van der Waals surface area (Å²) in [6, 6.07) is 2.10. The van der Waals surface area contributed by atoms with Crippen LogP contribution in [0.2, 0.25) is 0 Å². The number of hydrogen-bond donors (Lipinski definition) is 3. The van der Waals surface area contributed by atoms with Crippen molar-refractivity contribution in [2.75, 3.05) is 18.0 Å². The van der Waals surface area contributed by atoms with Gasteiger partial charge in [-0.05, 0) is 37.8 Å². The summed E-state index contributed by atoms with van der Waals surface area (Å²) in [5.41, 5.74) is 5.23. The molecule has 7 heteroatoms. The molecule has 0 saturated carbocycles. The van der Waals surface area contributed by atoms with E-state index in [-0.39, 0.29) is 23.0 Å².